The van der Waals surface area contributed by atoms with Crippen LogP contribution in [0, 0.1) is 17.3 Å². The summed E-state index contributed by atoms with van der Waals surface area (Å²) in [5.74, 6) is 5.24. The number of aliphatic hydroxyl groups is 1. The highest BCUT2D eigenvalue weighted by atomic mass is 32.2. The van der Waals surface area contributed by atoms with Crippen LogP contribution in [0.25, 0.3) is 0 Å². The van der Waals surface area contributed by atoms with Gasteiger partial charge in [-0.15, -0.1) is 0 Å². The standard InChI is InChI=1S/C16H21NO3S/c1-16(9-2-3-10-16)13-17-21(19,20)15-8-4-6-14(12-15)7-5-11-18/h4,6,8,12,17-18H,2-3,9-11,13H2,1H3. The Balaban J connectivity index is 2.12. The smallest absolute Gasteiger partial charge is 0.240 e. The second kappa shape index (κ2) is 6.61. The van der Waals surface area contributed by atoms with Crippen LogP contribution in [0.3, 0.4) is 0 Å². The first-order chi connectivity index (χ1) is 9.95. The second-order valence-corrected chi connectivity index (χ2v) is 7.60. The zero-order chi connectivity index (χ0) is 15.3. The molecule has 0 spiro atoms. The molecule has 1 aromatic carbocycles. The molecule has 1 aromatic rings. The lowest BCUT2D eigenvalue weighted by atomic mass is 9.89. The van der Waals surface area contributed by atoms with Crippen LogP contribution in [0.1, 0.15) is 38.2 Å². The van der Waals surface area contributed by atoms with Crippen LogP contribution in [0.15, 0.2) is 29.2 Å². The van der Waals surface area contributed by atoms with Crippen molar-refractivity contribution >= 4 is 10.0 Å². The molecule has 0 radical (unpaired) electrons. The third-order valence-corrected chi connectivity index (χ3v) is 5.35. The van der Waals surface area contributed by atoms with Crippen LogP contribution in [-0.2, 0) is 10.0 Å². The fraction of sp³-hybridized carbons (Fsp3) is 0.500. The Morgan fingerprint density at radius 2 is 2.05 bits per heavy atom. The molecule has 0 amide bonds. The minimum absolute atomic E-state index is 0.0708. The van der Waals surface area contributed by atoms with Gasteiger partial charge < -0.3 is 5.11 Å². The summed E-state index contributed by atoms with van der Waals surface area (Å²) in [6.07, 6.45) is 4.48. The van der Waals surface area contributed by atoms with Gasteiger partial charge in [-0.3, -0.25) is 0 Å². The van der Waals surface area contributed by atoms with E-state index in [0.29, 0.717) is 12.1 Å². The number of benzene rings is 1. The van der Waals surface area contributed by atoms with Gasteiger partial charge in [0.15, 0.2) is 0 Å². The van der Waals surface area contributed by atoms with Crippen molar-refractivity contribution < 1.29 is 13.5 Å². The summed E-state index contributed by atoms with van der Waals surface area (Å²) >= 11 is 0. The summed E-state index contributed by atoms with van der Waals surface area (Å²) < 4.78 is 27.4. The van der Waals surface area contributed by atoms with E-state index in [2.05, 4.69) is 23.5 Å². The van der Waals surface area contributed by atoms with E-state index < -0.39 is 10.0 Å². The number of aliphatic hydroxyl groups excluding tert-OH is 1. The summed E-state index contributed by atoms with van der Waals surface area (Å²) in [6, 6.07) is 6.47. The maximum atomic E-state index is 12.3. The first-order valence-electron chi connectivity index (χ1n) is 7.15. The molecule has 2 N–H and O–H groups in total. The summed E-state index contributed by atoms with van der Waals surface area (Å²) in [5.41, 5.74) is 0.653. The van der Waals surface area contributed by atoms with Crippen molar-refractivity contribution in [2.75, 3.05) is 13.2 Å². The molecule has 4 nitrogen and oxygen atoms in total. The Kier molecular flexibility index (Phi) is 5.04. The van der Waals surface area contributed by atoms with Crippen molar-refractivity contribution in [3.8, 4) is 11.8 Å². The minimum atomic E-state index is -3.51. The molecule has 5 heteroatoms. The highest BCUT2D eigenvalue weighted by molar-refractivity contribution is 7.89. The topological polar surface area (TPSA) is 66.4 Å². The molecule has 1 saturated carbocycles. The molecule has 21 heavy (non-hydrogen) atoms. The third kappa shape index (κ3) is 4.31. The molecule has 0 unspecified atom stereocenters. The third-order valence-electron chi connectivity index (χ3n) is 3.96. The van der Waals surface area contributed by atoms with Gasteiger partial charge in [0.1, 0.15) is 6.61 Å². The largest absolute Gasteiger partial charge is 0.384 e. The average molecular weight is 307 g/mol. The van der Waals surface area contributed by atoms with E-state index in [1.165, 1.54) is 18.9 Å². The molecule has 0 saturated heterocycles. The maximum Gasteiger partial charge on any atom is 0.240 e. The van der Waals surface area contributed by atoms with Crippen molar-refractivity contribution in [2.24, 2.45) is 5.41 Å². The Bertz CT molecular complexity index is 650. The van der Waals surface area contributed by atoms with Crippen LogP contribution < -0.4 is 4.72 Å². The Labute approximate surface area is 126 Å². The molecule has 1 aliphatic carbocycles. The SMILES string of the molecule is CC1(CNS(=O)(=O)c2cccc(C#CCO)c2)CCCC1. The molecular weight excluding hydrogens is 286 g/mol. The number of hydrogen-bond acceptors (Lipinski definition) is 3. The summed E-state index contributed by atoms with van der Waals surface area (Å²) in [7, 11) is -3.51. The molecule has 114 valence electrons. The van der Waals surface area contributed by atoms with Crippen molar-refractivity contribution in [1.29, 1.82) is 0 Å². The van der Waals surface area contributed by atoms with E-state index in [0.717, 1.165) is 12.8 Å². The maximum absolute atomic E-state index is 12.3. The predicted molar refractivity (Wildman–Crippen MR) is 82.2 cm³/mol. The van der Waals surface area contributed by atoms with Crippen molar-refractivity contribution in [3.05, 3.63) is 29.8 Å². The van der Waals surface area contributed by atoms with E-state index in [9.17, 15) is 8.42 Å². The number of hydrogen-bond donors (Lipinski definition) is 2. The first kappa shape index (κ1) is 16.0. The molecule has 0 aromatic heterocycles. The van der Waals surface area contributed by atoms with Crippen molar-refractivity contribution in [1.82, 2.24) is 4.72 Å². The molecule has 0 aliphatic heterocycles. The highest BCUT2D eigenvalue weighted by Crippen LogP contribution is 2.36. The van der Waals surface area contributed by atoms with E-state index in [1.807, 2.05) is 0 Å². The van der Waals surface area contributed by atoms with Gasteiger partial charge in [-0.25, -0.2) is 13.1 Å². The summed E-state index contributed by atoms with van der Waals surface area (Å²) in [6.45, 7) is 2.36. The van der Waals surface area contributed by atoms with Gasteiger partial charge in [0, 0.05) is 12.1 Å². The van der Waals surface area contributed by atoms with Crippen LogP contribution in [0.2, 0.25) is 0 Å². The van der Waals surface area contributed by atoms with Crippen LogP contribution in [-0.4, -0.2) is 26.7 Å². The summed E-state index contributed by atoms with van der Waals surface area (Å²) in [5, 5.41) is 8.69. The number of rotatable bonds is 4. The Morgan fingerprint density at radius 3 is 2.71 bits per heavy atom. The predicted octanol–water partition coefficient (Wildman–Crippen LogP) is 1.89. The average Bonchev–Trinajstić information content (AvgIpc) is 2.91. The lowest BCUT2D eigenvalue weighted by Crippen LogP contribution is -2.34. The highest BCUT2D eigenvalue weighted by Gasteiger charge is 2.30. The van der Waals surface area contributed by atoms with E-state index >= 15 is 0 Å². The van der Waals surface area contributed by atoms with Crippen molar-refractivity contribution in [3.63, 3.8) is 0 Å². The fourth-order valence-electron chi connectivity index (χ4n) is 2.64. The molecular formula is C16H21NO3S. The monoisotopic (exact) mass is 307 g/mol. The van der Waals surface area contributed by atoms with E-state index in [4.69, 9.17) is 5.11 Å². The molecule has 0 heterocycles. The van der Waals surface area contributed by atoms with Gasteiger partial charge in [0.25, 0.3) is 0 Å². The second-order valence-electron chi connectivity index (χ2n) is 5.83. The lowest BCUT2D eigenvalue weighted by molar-refractivity contribution is 0.336. The lowest BCUT2D eigenvalue weighted by Gasteiger charge is -2.23. The molecule has 1 aliphatic rings. The first-order valence-corrected chi connectivity index (χ1v) is 8.63. The minimum Gasteiger partial charge on any atom is -0.384 e. The fourth-order valence-corrected chi connectivity index (χ4v) is 3.89. The van der Waals surface area contributed by atoms with Gasteiger partial charge >= 0.3 is 0 Å². The molecule has 0 bridgehead atoms. The van der Waals surface area contributed by atoms with Crippen molar-refractivity contribution in [2.45, 2.75) is 37.5 Å². The van der Waals surface area contributed by atoms with Gasteiger partial charge in [-0.2, -0.15) is 0 Å². The van der Waals surface area contributed by atoms with Gasteiger partial charge in [0.2, 0.25) is 10.0 Å². The van der Waals surface area contributed by atoms with Gasteiger partial charge in [0.05, 0.1) is 4.90 Å². The zero-order valence-corrected chi connectivity index (χ0v) is 13.0. The normalized spacial score (nSPS) is 17.2. The Hall–Kier alpha value is -1.35. The van der Waals surface area contributed by atoms with Crippen LogP contribution >= 0.6 is 0 Å². The van der Waals surface area contributed by atoms with Crippen LogP contribution in [0.5, 0.6) is 0 Å². The Morgan fingerprint density at radius 1 is 1.33 bits per heavy atom. The molecule has 1 fully saturated rings. The number of sulfonamides is 1. The summed E-state index contributed by atoms with van der Waals surface area (Å²) in [4.78, 5) is 0.217. The number of nitrogens with one attached hydrogen (secondary N) is 1. The van der Waals surface area contributed by atoms with Gasteiger partial charge in [-0.1, -0.05) is 37.7 Å². The molecule has 0 atom stereocenters. The van der Waals surface area contributed by atoms with E-state index in [-0.39, 0.29) is 16.9 Å². The van der Waals surface area contributed by atoms with E-state index in [1.54, 1.807) is 18.2 Å². The quantitative estimate of drug-likeness (QED) is 0.835. The van der Waals surface area contributed by atoms with Crippen LogP contribution in [0.4, 0.5) is 0 Å². The zero-order valence-electron chi connectivity index (χ0n) is 12.2. The van der Waals surface area contributed by atoms with Gasteiger partial charge in [-0.05, 0) is 36.5 Å². The molecule has 2 rings (SSSR count).